The maximum Gasteiger partial charge on any atom is 0.331 e. The van der Waals surface area contributed by atoms with Crippen LogP contribution in [0.25, 0.3) is 0 Å². The summed E-state index contributed by atoms with van der Waals surface area (Å²) >= 11 is 0. The van der Waals surface area contributed by atoms with Gasteiger partial charge in [0.25, 0.3) is 0 Å². The van der Waals surface area contributed by atoms with E-state index < -0.39 is 23.5 Å². The molecule has 1 atom stereocenters. The first kappa shape index (κ1) is 22.6. The fraction of sp³-hybridized carbons (Fsp3) is 0.435. The van der Waals surface area contributed by atoms with Gasteiger partial charge >= 0.3 is 5.97 Å². The number of benzene rings is 1. The van der Waals surface area contributed by atoms with E-state index in [1.54, 1.807) is 32.9 Å². The topological polar surface area (TPSA) is 74.2 Å². The van der Waals surface area contributed by atoms with Crippen molar-refractivity contribution in [2.24, 2.45) is 0 Å². The van der Waals surface area contributed by atoms with Gasteiger partial charge in [0.05, 0.1) is 6.26 Å². The second-order valence-electron chi connectivity index (χ2n) is 7.92. The Morgan fingerprint density at radius 1 is 1.34 bits per heavy atom. The molecule has 0 aromatic heterocycles. The largest absolute Gasteiger partial charge is 0.484 e. The monoisotopic (exact) mass is 402 g/mol. The Bertz CT molecular complexity index is 827. The van der Waals surface area contributed by atoms with Gasteiger partial charge in [0.15, 0.2) is 0 Å². The quantitative estimate of drug-likeness (QED) is 0.240. The van der Waals surface area contributed by atoms with E-state index in [0.717, 1.165) is 11.1 Å². The zero-order chi connectivity index (χ0) is 21.8. The van der Waals surface area contributed by atoms with Crippen molar-refractivity contribution in [3.05, 3.63) is 60.1 Å². The third kappa shape index (κ3) is 6.12. The number of fused-ring (bicyclic) bond motifs is 1. The Hall–Kier alpha value is -2.73. The molecule has 0 aliphatic carbocycles. The number of carbonyl (C=O) groups excluding carboxylic acids is 1. The lowest BCUT2D eigenvalue weighted by molar-refractivity contribution is -0.155. The molecule has 1 aliphatic rings. The number of rotatable bonds is 7. The number of hydrogen-bond donors (Lipinski definition) is 1. The third-order valence-corrected chi connectivity index (χ3v) is 4.42. The number of aliphatic hydroxyl groups is 1. The van der Waals surface area contributed by atoms with Gasteiger partial charge in [-0.1, -0.05) is 6.58 Å². The van der Waals surface area contributed by atoms with E-state index in [9.17, 15) is 9.90 Å². The molecule has 1 aliphatic heterocycles. The number of aryl methyl sites for hydroxylation is 1. The Morgan fingerprint density at radius 3 is 2.62 bits per heavy atom. The lowest BCUT2D eigenvalue weighted by Gasteiger charge is -2.39. The summed E-state index contributed by atoms with van der Waals surface area (Å²) in [6.45, 7) is 14.0. The molecule has 2 rings (SSSR count). The molecule has 1 aromatic carbocycles. The molecule has 1 N–H and O–H groups in total. The minimum atomic E-state index is -1.30. The van der Waals surface area contributed by atoms with Crippen molar-refractivity contribution in [2.45, 2.75) is 65.5 Å². The second kappa shape index (κ2) is 8.74. The minimum Gasteiger partial charge on any atom is -0.484 e. The fourth-order valence-corrected chi connectivity index (χ4v) is 2.97. The molecule has 0 unspecified atom stereocenters. The zero-order valence-corrected chi connectivity index (χ0v) is 17.9. The molecule has 6 nitrogen and oxygen atoms in total. The van der Waals surface area contributed by atoms with Crippen LogP contribution in [0.5, 0.6) is 11.5 Å². The van der Waals surface area contributed by atoms with Gasteiger partial charge in [-0.15, -0.1) is 0 Å². The van der Waals surface area contributed by atoms with E-state index in [4.69, 9.17) is 18.9 Å². The van der Waals surface area contributed by atoms with Crippen molar-refractivity contribution >= 4 is 5.97 Å². The number of hydrogen-bond acceptors (Lipinski definition) is 6. The number of carbonyl (C=O) groups is 1. The molecule has 0 fully saturated rings. The highest BCUT2D eigenvalue weighted by Crippen LogP contribution is 2.39. The molecular formula is C23H30O6. The van der Waals surface area contributed by atoms with Gasteiger partial charge in [0.2, 0.25) is 5.79 Å². The van der Waals surface area contributed by atoms with E-state index in [1.165, 1.54) is 18.4 Å². The van der Waals surface area contributed by atoms with E-state index in [0.29, 0.717) is 23.7 Å². The SMILES string of the molecule is C=COC(=C\C)/C=C/C(=O)O[C@H]1Cc2cc(C)c(OC(C)(C)O)cc2OC1(C)C. The van der Waals surface area contributed by atoms with Crippen LogP contribution in [0.3, 0.4) is 0 Å². The first-order valence-electron chi connectivity index (χ1n) is 9.51. The Morgan fingerprint density at radius 2 is 2.03 bits per heavy atom. The lowest BCUT2D eigenvalue weighted by atomic mass is 9.90. The molecular weight excluding hydrogens is 372 g/mol. The zero-order valence-electron chi connectivity index (χ0n) is 17.9. The summed E-state index contributed by atoms with van der Waals surface area (Å²) in [6.07, 6.45) is 5.88. The van der Waals surface area contributed by atoms with Crippen LogP contribution >= 0.6 is 0 Å². The molecule has 1 aromatic rings. The molecule has 0 saturated heterocycles. The van der Waals surface area contributed by atoms with Gasteiger partial charge in [-0.25, -0.2) is 4.79 Å². The van der Waals surface area contributed by atoms with Crippen LogP contribution < -0.4 is 9.47 Å². The standard InChI is InChI=1S/C23H30O6/c1-8-17(26-9-2)10-11-21(24)27-20-13-16-12-15(3)18(29-23(6,7)25)14-19(16)28-22(20,4)5/h8-12,14,20,25H,2,13H2,1,3-7H3/b11-10+,17-8-/t20-/m0/s1. The highest BCUT2D eigenvalue weighted by Gasteiger charge is 2.40. The summed E-state index contributed by atoms with van der Waals surface area (Å²) in [5, 5.41) is 9.94. The van der Waals surface area contributed by atoms with E-state index in [2.05, 4.69) is 6.58 Å². The highest BCUT2D eigenvalue weighted by atomic mass is 16.6. The van der Waals surface area contributed by atoms with Crippen molar-refractivity contribution in [1.82, 2.24) is 0 Å². The van der Waals surface area contributed by atoms with E-state index in [-0.39, 0.29) is 0 Å². The third-order valence-electron chi connectivity index (χ3n) is 4.42. The normalized spacial score (nSPS) is 18.6. The molecule has 158 valence electrons. The predicted molar refractivity (Wildman–Crippen MR) is 111 cm³/mol. The average Bonchev–Trinajstić information content (AvgIpc) is 2.59. The van der Waals surface area contributed by atoms with Crippen LogP contribution in [0.2, 0.25) is 0 Å². The summed E-state index contributed by atoms with van der Waals surface area (Å²) in [7, 11) is 0. The van der Waals surface area contributed by atoms with Crippen LogP contribution in [0.1, 0.15) is 45.7 Å². The average molecular weight is 402 g/mol. The number of ether oxygens (including phenoxy) is 4. The molecule has 0 spiro atoms. The van der Waals surface area contributed by atoms with E-state index >= 15 is 0 Å². The fourth-order valence-electron chi connectivity index (χ4n) is 2.97. The summed E-state index contributed by atoms with van der Waals surface area (Å²) in [5.74, 6) is -0.0867. The van der Waals surface area contributed by atoms with Gasteiger partial charge in [-0.3, -0.25) is 0 Å². The minimum absolute atomic E-state index is 0.470. The van der Waals surface area contributed by atoms with Crippen molar-refractivity contribution in [3.63, 3.8) is 0 Å². The molecule has 1 heterocycles. The summed E-state index contributed by atoms with van der Waals surface area (Å²) in [5.41, 5.74) is 1.04. The predicted octanol–water partition coefficient (Wildman–Crippen LogP) is 4.35. The van der Waals surface area contributed by atoms with E-state index in [1.807, 2.05) is 26.8 Å². The first-order chi connectivity index (χ1) is 13.4. The van der Waals surface area contributed by atoms with Gasteiger partial charge in [-0.2, -0.15) is 0 Å². The second-order valence-corrected chi connectivity index (χ2v) is 7.92. The molecule has 29 heavy (non-hydrogen) atoms. The van der Waals surface area contributed by atoms with Gasteiger partial charge in [-0.05, 0) is 57.0 Å². The highest BCUT2D eigenvalue weighted by molar-refractivity contribution is 5.82. The Kier molecular flexibility index (Phi) is 6.80. The molecule has 6 heteroatoms. The van der Waals surface area contributed by atoms with Crippen molar-refractivity contribution < 1.29 is 28.8 Å². The van der Waals surface area contributed by atoms with Crippen molar-refractivity contribution in [3.8, 4) is 11.5 Å². The Labute approximate surface area is 172 Å². The van der Waals surface area contributed by atoms with Gasteiger partial charge in [0, 0.05) is 32.4 Å². The molecule has 0 saturated carbocycles. The van der Waals surface area contributed by atoms with Crippen molar-refractivity contribution in [2.75, 3.05) is 0 Å². The summed E-state index contributed by atoms with van der Waals surface area (Å²) < 4.78 is 22.5. The summed E-state index contributed by atoms with van der Waals surface area (Å²) in [6, 6.07) is 3.70. The lowest BCUT2D eigenvalue weighted by Crippen LogP contribution is -2.48. The molecule has 0 amide bonds. The van der Waals surface area contributed by atoms with Crippen LogP contribution in [0.4, 0.5) is 0 Å². The van der Waals surface area contributed by atoms with Crippen LogP contribution in [-0.4, -0.2) is 28.6 Å². The van der Waals surface area contributed by atoms with Crippen molar-refractivity contribution in [1.29, 1.82) is 0 Å². The number of allylic oxidation sites excluding steroid dienone is 2. The van der Waals surface area contributed by atoms with Gasteiger partial charge in [0.1, 0.15) is 29.0 Å². The maximum absolute atomic E-state index is 12.3. The summed E-state index contributed by atoms with van der Waals surface area (Å²) in [4.78, 5) is 12.3. The van der Waals surface area contributed by atoms with Crippen LogP contribution in [-0.2, 0) is 20.7 Å². The smallest absolute Gasteiger partial charge is 0.331 e. The van der Waals surface area contributed by atoms with Gasteiger partial charge < -0.3 is 24.1 Å². The Balaban J connectivity index is 2.18. The molecule has 0 radical (unpaired) electrons. The maximum atomic E-state index is 12.3. The first-order valence-corrected chi connectivity index (χ1v) is 9.51. The number of esters is 1. The molecule has 0 bridgehead atoms. The van der Waals surface area contributed by atoms with Crippen LogP contribution in [0, 0.1) is 6.92 Å². The van der Waals surface area contributed by atoms with Crippen LogP contribution in [0.15, 0.2) is 49.0 Å².